The van der Waals surface area contributed by atoms with Crippen LogP contribution in [0.3, 0.4) is 0 Å². The Bertz CT molecular complexity index is 1450. The standard InChI is InChI=1S/C28H22Cl3N3O5/c1-2-3-12-39-28(38)17-6-10-21(11-7-17)33-25(35)16-4-8-20(9-5-16)32-24-23(31)26(36)34(27(24)37)22-14-18(29)13-19(30)15-22/h4-11,13-15,32H,2-3,12H2,1H3,(H,33,35). The Kier molecular flexibility index (Phi) is 8.91. The molecule has 3 aromatic rings. The van der Waals surface area contributed by atoms with Crippen molar-refractivity contribution in [2.75, 3.05) is 22.1 Å². The van der Waals surface area contributed by atoms with Gasteiger partial charge in [-0.15, -0.1) is 0 Å². The van der Waals surface area contributed by atoms with Gasteiger partial charge in [0.05, 0.1) is 17.9 Å². The minimum atomic E-state index is -0.723. The molecular weight excluding hydrogens is 565 g/mol. The van der Waals surface area contributed by atoms with Crippen LogP contribution < -0.4 is 15.5 Å². The van der Waals surface area contributed by atoms with Gasteiger partial charge in [0.2, 0.25) is 0 Å². The van der Waals surface area contributed by atoms with E-state index >= 15 is 0 Å². The van der Waals surface area contributed by atoms with Crippen molar-refractivity contribution in [2.45, 2.75) is 19.8 Å². The van der Waals surface area contributed by atoms with Gasteiger partial charge in [0.25, 0.3) is 17.7 Å². The second-order valence-corrected chi connectivity index (χ2v) is 9.74. The van der Waals surface area contributed by atoms with Crippen LogP contribution in [0.4, 0.5) is 17.1 Å². The number of esters is 1. The maximum Gasteiger partial charge on any atom is 0.338 e. The second-order valence-electron chi connectivity index (χ2n) is 8.49. The predicted octanol–water partition coefficient (Wildman–Crippen LogP) is 6.64. The van der Waals surface area contributed by atoms with E-state index in [9.17, 15) is 19.2 Å². The second kappa shape index (κ2) is 12.3. The van der Waals surface area contributed by atoms with E-state index in [-0.39, 0.29) is 32.4 Å². The van der Waals surface area contributed by atoms with Crippen molar-refractivity contribution in [2.24, 2.45) is 0 Å². The third-order valence-corrected chi connectivity index (χ3v) is 6.45. The zero-order valence-corrected chi connectivity index (χ0v) is 22.9. The summed E-state index contributed by atoms with van der Waals surface area (Å²) < 4.78 is 5.18. The van der Waals surface area contributed by atoms with Crippen molar-refractivity contribution >= 4 is 75.6 Å². The molecule has 0 saturated carbocycles. The maximum atomic E-state index is 13.0. The summed E-state index contributed by atoms with van der Waals surface area (Å²) in [6.45, 7) is 2.37. The Morgan fingerprint density at radius 2 is 1.41 bits per heavy atom. The first-order chi connectivity index (χ1) is 18.7. The summed E-state index contributed by atoms with van der Waals surface area (Å²) in [5.74, 6) is -2.20. The third kappa shape index (κ3) is 6.60. The molecule has 8 nitrogen and oxygen atoms in total. The fraction of sp³-hybridized carbons (Fsp3) is 0.143. The van der Waals surface area contributed by atoms with Crippen LogP contribution in [0.1, 0.15) is 40.5 Å². The summed E-state index contributed by atoms with van der Waals surface area (Å²) in [4.78, 5) is 51.3. The lowest BCUT2D eigenvalue weighted by molar-refractivity contribution is -0.120. The van der Waals surface area contributed by atoms with Crippen molar-refractivity contribution in [3.8, 4) is 0 Å². The number of anilines is 3. The minimum Gasteiger partial charge on any atom is -0.462 e. The minimum absolute atomic E-state index is 0.122. The van der Waals surface area contributed by atoms with E-state index < -0.39 is 17.8 Å². The quantitative estimate of drug-likeness (QED) is 0.165. The number of rotatable bonds is 9. The molecule has 0 atom stereocenters. The van der Waals surface area contributed by atoms with Crippen LogP contribution in [-0.4, -0.2) is 30.3 Å². The number of carbonyl (C=O) groups is 4. The van der Waals surface area contributed by atoms with Gasteiger partial charge >= 0.3 is 5.97 Å². The number of hydrogen-bond donors (Lipinski definition) is 2. The lowest BCUT2D eigenvalue weighted by atomic mass is 10.1. The topological polar surface area (TPSA) is 105 Å². The molecule has 1 heterocycles. The molecule has 0 aliphatic carbocycles. The smallest absolute Gasteiger partial charge is 0.338 e. The molecule has 3 amide bonds. The molecule has 0 unspecified atom stereocenters. The number of benzene rings is 3. The number of ether oxygens (including phenoxy) is 1. The highest BCUT2D eigenvalue weighted by Crippen LogP contribution is 2.33. The molecule has 0 fully saturated rings. The monoisotopic (exact) mass is 585 g/mol. The Morgan fingerprint density at radius 1 is 0.821 bits per heavy atom. The van der Waals surface area contributed by atoms with Gasteiger partial charge in [-0.3, -0.25) is 14.4 Å². The first kappa shape index (κ1) is 28.2. The summed E-state index contributed by atoms with van der Waals surface area (Å²) in [5, 5.41) is 5.81. The Labute approximate surface area is 239 Å². The van der Waals surface area contributed by atoms with Crippen molar-refractivity contribution in [1.82, 2.24) is 0 Å². The Morgan fingerprint density at radius 3 is 2.03 bits per heavy atom. The molecule has 1 aliphatic rings. The average molecular weight is 587 g/mol. The molecule has 39 heavy (non-hydrogen) atoms. The summed E-state index contributed by atoms with van der Waals surface area (Å²) >= 11 is 18.2. The van der Waals surface area contributed by atoms with Crippen LogP contribution >= 0.6 is 34.8 Å². The molecule has 1 aliphatic heterocycles. The number of hydrogen-bond acceptors (Lipinski definition) is 6. The van der Waals surface area contributed by atoms with Crippen LogP contribution in [-0.2, 0) is 14.3 Å². The Balaban J connectivity index is 1.39. The van der Waals surface area contributed by atoms with Crippen molar-refractivity contribution in [3.05, 3.63) is 98.6 Å². The highest BCUT2D eigenvalue weighted by Gasteiger charge is 2.39. The number of carbonyl (C=O) groups excluding carboxylic acids is 4. The van der Waals surface area contributed by atoms with Gasteiger partial charge in [-0.1, -0.05) is 48.1 Å². The van der Waals surface area contributed by atoms with Gasteiger partial charge in [-0.2, -0.15) is 0 Å². The van der Waals surface area contributed by atoms with E-state index in [0.717, 1.165) is 17.7 Å². The van der Waals surface area contributed by atoms with E-state index in [1.54, 1.807) is 48.5 Å². The van der Waals surface area contributed by atoms with Gasteiger partial charge in [0.1, 0.15) is 10.7 Å². The molecule has 2 N–H and O–H groups in total. The zero-order chi connectivity index (χ0) is 28.1. The van der Waals surface area contributed by atoms with Gasteiger partial charge in [-0.05, 0) is 73.2 Å². The zero-order valence-electron chi connectivity index (χ0n) is 20.6. The number of halogens is 3. The SMILES string of the molecule is CCCCOC(=O)c1ccc(NC(=O)c2ccc(NC3=C(Cl)C(=O)N(c4cc(Cl)cc(Cl)c4)C3=O)cc2)cc1. The lowest BCUT2D eigenvalue weighted by Gasteiger charge is -2.16. The van der Waals surface area contributed by atoms with Crippen LogP contribution in [0.25, 0.3) is 0 Å². The number of amides is 3. The number of imide groups is 1. The summed E-state index contributed by atoms with van der Waals surface area (Å²) in [7, 11) is 0. The molecule has 200 valence electrons. The van der Waals surface area contributed by atoms with E-state index in [1.807, 2.05) is 6.92 Å². The normalized spacial score (nSPS) is 13.1. The van der Waals surface area contributed by atoms with Gasteiger partial charge < -0.3 is 15.4 Å². The first-order valence-electron chi connectivity index (χ1n) is 11.9. The van der Waals surface area contributed by atoms with E-state index in [4.69, 9.17) is 39.5 Å². The molecule has 0 saturated heterocycles. The van der Waals surface area contributed by atoms with Gasteiger partial charge in [-0.25, -0.2) is 9.69 Å². The van der Waals surface area contributed by atoms with Gasteiger partial charge in [0.15, 0.2) is 0 Å². The van der Waals surface area contributed by atoms with E-state index in [0.29, 0.717) is 29.1 Å². The number of unbranched alkanes of at least 4 members (excludes halogenated alkanes) is 1. The van der Waals surface area contributed by atoms with Crippen molar-refractivity contribution < 1.29 is 23.9 Å². The van der Waals surface area contributed by atoms with E-state index in [1.165, 1.54) is 18.2 Å². The summed E-state index contributed by atoms with van der Waals surface area (Å²) in [5.41, 5.74) is 1.73. The van der Waals surface area contributed by atoms with E-state index in [2.05, 4.69) is 10.6 Å². The molecule has 0 radical (unpaired) electrons. The van der Waals surface area contributed by atoms with Gasteiger partial charge in [0, 0.05) is 27.0 Å². The maximum absolute atomic E-state index is 13.0. The first-order valence-corrected chi connectivity index (χ1v) is 13.0. The van der Waals surface area contributed by atoms with Crippen LogP contribution in [0, 0.1) is 0 Å². The third-order valence-electron chi connectivity index (χ3n) is 5.66. The fourth-order valence-electron chi connectivity index (χ4n) is 3.65. The van der Waals surface area contributed by atoms with Crippen LogP contribution in [0.15, 0.2) is 77.5 Å². The molecule has 0 bridgehead atoms. The number of nitrogens with one attached hydrogen (secondary N) is 2. The van der Waals surface area contributed by atoms with Crippen LogP contribution in [0.2, 0.25) is 10.0 Å². The molecule has 4 rings (SSSR count). The highest BCUT2D eigenvalue weighted by molar-refractivity contribution is 6.53. The van der Waals surface area contributed by atoms with Crippen molar-refractivity contribution in [1.29, 1.82) is 0 Å². The summed E-state index contributed by atoms with van der Waals surface area (Å²) in [6, 6.07) is 16.9. The predicted molar refractivity (Wildman–Crippen MR) is 151 cm³/mol. The molecule has 0 spiro atoms. The van der Waals surface area contributed by atoms with Crippen LogP contribution in [0.5, 0.6) is 0 Å². The molecule has 3 aromatic carbocycles. The fourth-order valence-corrected chi connectivity index (χ4v) is 4.38. The Hall–Kier alpha value is -3.85. The molecular formula is C28H22Cl3N3O5. The highest BCUT2D eigenvalue weighted by atomic mass is 35.5. The number of nitrogens with zero attached hydrogens (tertiary/aromatic N) is 1. The largest absolute Gasteiger partial charge is 0.462 e. The lowest BCUT2D eigenvalue weighted by Crippen LogP contribution is -2.32. The average Bonchev–Trinajstić information content (AvgIpc) is 3.12. The summed E-state index contributed by atoms with van der Waals surface area (Å²) in [6.07, 6.45) is 1.72. The van der Waals surface area contributed by atoms with Crippen molar-refractivity contribution in [3.63, 3.8) is 0 Å². The molecule has 0 aromatic heterocycles. The molecule has 11 heteroatoms.